The van der Waals surface area contributed by atoms with Crippen molar-refractivity contribution in [2.45, 2.75) is 6.54 Å². The normalized spacial score (nSPS) is 10.2. The van der Waals surface area contributed by atoms with Gasteiger partial charge in [-0.2, -0.15) is 0 Å². The first-order valence-corrected chi connectivity index (χ1v) is 6.77. The van der Waals surface area contributed by atoms with E-state index >= 15 is 0 Å². The van der Waals surface area contributed by atoms with Crippen molar-refractivity contribution < 1.29 is 9.66 Å². The molecule has 2 aromatic carbocycles. The van der Waals surface area contributed by atoms with Crippen LogP contribution in [0.1, 0.15) is 5.56 Å². The second-order valence-corrected chi connectivity index (χ2v) is 5.03. The summed E-state index contributed by atoms with van der Waals surface area (Å²) in [6.07, 6.45) is 0. The molecule has 0 atom stereocenters. The molecule has 0 unspecified atom stereocenters. The smallest absolute Gasteiger partial charge is 0.293 e. The zero-order valence-electron chi connectivity index (χ0n) is 11.1. The Kier molecular flexibility index (Phi) is 4.88. The molecule has 0 aliphatic rings. The van der Waals surface area contributed by atoms with Crippen molar-refractivity contribution in [2.75, 3.05) is 12.4 Å². The average Bonchev–Trinajstić information content (AvgIpc) is 2.45. The van der Waals surface area contributed by atoms with Gasteiger partial charge in [0, 0.05) is 12.6 Å². The highest BCUT2D eigenvalue weighted by molar-refractivity contribution is 6.33. The predicted octanol–water partition coefficient (Wildman–Crippen LogP) is 4.52. The first-order valence-electron chi connectivity index (χ1n) is 6.02. The maximum absolute atomic E-state index is 11.0. The van der Waals surface area contributed by atoms with E-state index in [1.807, 2.05) is 6.07 Å². The van der Waals surface area contributed by atoms with E-state index in [1.54, 1.807) is 18.2 Å². The number of anilines is 1. The zero-order chi connectivity index (χ0) is 15.4. The zero-order valence-corrected chi connectivity index (χ0v) is 12.6. The molecule has 0 spiro atoms. The van der Waals surface area contributed by atoms with Crippen molar-refractivity contribution in [1.82, 2.24) is 0 Å². The van der Waals surface area contributed by atoms with Gasteiger partial charge in [0.05, 0.1) is 22.1 Å². The minimum atomic E-state index is -0.477. The van der Waals surface area contributed by atoms with Crippen LogP contribution < -0.4 is 10.1 Å². The summed E-state index contributed by atoms with van der Waals surface area (Å²) in [7, 11) is 1.53. The second kappa shape index (κ2) is 6.65. The highest BCUT2D eigenvalue weighted by Gasteiger charge is 2.16. The maximum Gasteiger partial charge on any atom is 0.293 e. The summed E-state index contributed by atoms with van der Waals surface area (Å²) in [6, 6.07) is 9.82. The Labute approximate surface area is 131 Å². The fraction of sp³-hybridized carbons (Fsp3) is 0.143. The fourth-order valence-corrected chi connectivity index (χ4v) is 2.37. The summed E-state index contributed by atoms with van der Waals surface area (Å²) in [5, 5.41) is 14.7. The molecule has 0 heterocycles. The molecule has 2 aromatic rings. The van der Waals surface area contributed by atoms with Crippen LogP contribution in [0.25, 0.3) is 0 Å². The highest BCUT2D eigenvalue weighted by Crippen LogP contribution is 2.32. The fourth-order valence-electron chi connectivity index (χ4n) is 1.85. The Bertz CT molecular complexity index is 677. The Hall–Kier alpha value is -1.98. The lowest BCUT2D eigenvalue weighted by molar-refractivity contribution is -0.383. The lowest BCUT2D eigenvalue weighted by atomic mass is 10.2. The number of para-hydroxylation sites is 1. The molecule has 0 saturated heterocycles. The van der Waals surface area contributed by atoms with Gasteiger partial charge in [-0.25, -0.2) is 0 Å². The van der Waals surface area contributed by atoms with Crippen LogP contribution in [0, 0.1) is 10.1 Å². The average molecular weight is 327 g/mol. The van der Waals surface area contributed by atoms with Gasteiger partial charge in [-0.1, -0.05) is 35.3 Å². The number of benzene rings is 2. The maximum atomic E-state index is 11.0. The van der Waals surface area contributed by atoms with Crippen LogP contribution in [-0.4, -0.2) is 12.0 Å². The number of rotatable bonds is 5. The molecule has 0 aliphatic heterocycles. The van der Waals surface area contributed by atoms with Crippen molar-refractivity contribution in [1.29, 1.82) is 0 Å². The number of hydrogen-bond acceptors (Lipinski definition) is 4. The van der Waals surface area contributed by atoms with Crippen LogP contribution in [0.5, 0.6) is 5.75 Å². The van der Waals surface area contributed by atoms with Crippen molar-refractivity contribution in [3.63, 3.8) is 0 Å². The third-order valence-corrected chi connectivity index (χ3v) is 3.48. The number of nitrogens with zero attached hydrogens (tertiary/aromatic N) is 1. The van der Waals surface area contributed by atoms with Crippen molar-refractivity contribution >= 4 is 34.6 Å². The molecule has 2 rings (SSSR count). The van der Waals surface area contributed by atoms with Crippen LogP contribution in [0.15, 0.2) is 36.4 Å². The van der Waals surface area contributed by atoms with Gasteiger partial charge in [-0.3, -0.25) is 10.1 Å². The van der Waals surface area contributed by atoms with Crippen LogP contribution in [-0.2, 0) is 6.54 Å². The monoisotopic (exact) mass is 326 g/mol. The summed E-state index contributed by atoms with van der Waals surface area (Å²) in [5.41, 5.74) is 1.08. The van der Waals surface area contributed by atoms with Gasteiger partial charge in [-0.15, -0.1) is 0 Å². The van der Waals surface area contributed by atoms with E-state index in [0.29, 0.717) is 22.3 Å². The van der Waals surface area contributed by atoms with Gasteiger partial charge < -0.3 is 10.1 Å². The van der Waals surface area contributed by atoms with Gasteiger partial charge in [0.2, 0.25) is 0 Å². The molecule has 7 heteroatoms. The van der Waals surface area contributed by atoms with Gasteiger partial charge in [0.15, 0.2) is 0 Å². The number of hydrogen-bond donors (Lipinski definition) is 1. The molecule has 21 heavy (non-hydrogen) atoms. The number of methoxy groups -OCH3 is 1. The van der Waals surface area contributed by atoms with Gasteiger partial charge in [0.1, 0.15) is 11.4 Å². The minimum Gasteiger partial charge on any atom is -0.495 e. The highest BCUT2D eigenvalue weighted by atomic mass is 35.5. The first kappa shape index (κ1) is 15.4. The minimum absolute atomic E-state index is 0.0675. The van der Waals surface area contributed by atoms with Crippen molar-refractivity contribution in [3.8, 4) is 5.75 Å². The second-order valence-electron chi connectivity index (χ2n) is 4.21. The largest absolute Gasteiger partial charge is 0.495 e. The molecule has 0 radical (unpaired) electrons. The van der Waals surface area contributed by atoms with E-state index in [2.05, 4.69) is 5.32 Å². The first-order chi connectivity index (χ1) is 10.0. The van der Waals surface area contributed by atoms with Crippen molar-refractivity contribution in [2.24, 2.45) is 0 Å². The molecule has 0 bridgehead atoms. The number of nitrogens with one attached hydrogen (secondary N) is 1. The SMILES string of the molecule is COc1ccc(CNc2c(Cl)cccc2[N+](=O)[O-])cc1Cl. The summed E-state index contributed by atoms with van der Waals surface area (Å²) in [6.45, 7) is 0.355. The third-order valence-electron chi connectivity index (χ3n) is 2.87. The van der Waals surface area contributed by atoms with E-state index in [0.717, 1.165) is 5.56 Å². The van der Waals surface area contributed by atoms with Crippen LogP contribution >= 0.6 is 23.2 Å². The molecule has 110 valence electrons. The summed E-state index contributed by atoms with van der Waals surface area (Å²) >= 11 is 12.0. The Morgan fingerprint density at radius 1 is 1.24 bits per heavy atom. The Balaban J connectivity index is 2.20. The Morgan fingerprint density at radius 2 is 2.00 bits per heavy atom. The molecule has 0 amide bonds. The van der Waals surface area contributed by atoms with Crippen LogP contribution in [0.4, 0.5) is 11.4 Å². The summed E-state index contributed by atoms with van der Waals surface area (Å²) in [5.74, 6) is 0.573. The van der Waals surface area contributed by atoms with E-state index in [9.17, 15) is 10.1 Å². The predicted molar refractivity (Wildman–Crippen MR) is 83.4 cm³/mol. The van der Waals surface area contributed by atoms with E-state index in [-0.39, 0.29) is 11.4 Å². The summed E-state index contributed by atoms with van der Waals surface area (Å²) < 4.78 is 5.07. The van der Waals surface area contributed by atoms with Crippen LogP contribution in [0.2, 0.25) is 10.0 Å². The number of ether oxygens (including phenoxy) is 1. The molecule has 0 aromatic heterocycles. The molecule has 0 aliphatic carbocycles. The topological polar surface area (TPSA) is 64.4 Å². The standard InChI is InChI=1S/C14H12Cl2N2O3/c1-21-13-6-5-9(7-11(13)16)8-17-14-10(15)3-2-4-12(14)18(19)20/h2-7,17H,8H2,1H3. The number of nitro benzene ring substituents is 1. The quantitative estimate of drug-likeness (QED) is 0.648. The number of halogens is 2. The van der Waals surface area contributed by atoms with Gasteiger partial charge in [0.25, 0.3) is 5.69 Å². The van der Waals surface area contributed by atoms with Gasteiger partial charge in [-0.05, 0) is 23.8 Å². The molecule has 1 N–H and O–H groups in total. The molecule has 5 nitrogen and oxygen atoms in total. The van der Waals surface area contributed by atoms with Gasteiger partial charge >= 0.3 is 0 Å². The molecular formula is C14H12Cl2N2O3. The molecule has 0 saturated carbocycles. The molecular weight excluding hydrogens is 315 g/mol. The summed E-state index contributed by atoms with van der Waals surface area (Å²) in [4.78, 5) is 10.5. The molecule has 0 fully saturated rings. The number of nitro groups is 1. The lowest BCUT2D eigenvalue weighted by Gasteiger charge is -2.10. The van der Waals surface area contributed by atoms with E-state index in [4.69, 9.17) is 27.9 Å². The van der Waals surface area contributed by atoms with E-state index < -0.39 is 4.92 Å². The lowest BCUT2D eigenvalue weighted by Crippen LogP contribution is -2.03. The van der Waals surface area contributed by atoms with Crippen LogP contribution in [0.3, 0.4) is 0 Å². The Morgan fingerprint density at radius 3 is 2.62 bits per heavy atom. The van der Waals surface area contributed by atoms with E-state index in [1.165, 1.54) is 19.2 Å². The van der Waals surface area contributed by atoms with Crippen molar-refractivity contribution in [3.05, 3.63) is 62.1 Å². The third kappa shape index (κ3) is 3.56.